The fourth-order valence-electron chi connectivity index (χ4n) is 3.00. The average molecular weight is 485 g/mol. The Kier molecular flexibility index (Phi) is 5.77. The molecule has 0 amide bonds. The van der Waals surface area contributed by atoms with Crippen LogP contribution in [0.2, 0.25) is 0 Å². The first kappa shape index (κ1) is 22.3. The third-order valence-electron chi connectivity index (χ3n) is 4.58. The van der Waals surface area contributed by atoms with Gasteiger partial charge in [-0.1, -0.05) is 18.2 Å². The van der Waals surface area contributed by atoms with E-state index in [0.717, 1.165) is 28.6 Å². The normalized spacial score (nSPS) is 11.8. The van der Waals surface area contributed by atoms with Gasteiger partial charge in [0.1, 0.15) is 11.8 Å². The topological polar surface area (TPSA) is 160 Å². The summed E-state index contributed by atoms with van der Waals surface area (Å²) in [7, 11) is -8.35. The van der Waals surface area contributed by atoms with E-state index in [4.69, 9.17) is 14.0 Å². The Balaban J connectivity index is 1.84. The smallest absolute Gasteiger partial charge is 0.267 e. The SMILES string of the molecule is N#Cc1nc(-c2ccccc2)oc1N(Cc1ccco1)S(=O)(=O)c1ccc(S(N)(=O)=O)cc1. The minimum atomic E-state index is -4.34. The second-order valence-corrected chi connectivity index (χ2v) is 10.2. The van der Waals surface area contributed by atoms with E-state index in [1.165, 1.54) is 6.26 Å². The number of nitriles is 1. The van der Waals surface area contributed by atoms with Crippen LogP contribution < -0.4 is 9.44 Å². The molecular weight excluding hydrogens is 468 g/mol. The van der Waals surface area contributed by atoms with Crippen LogP contribution in [0.3, 0.4) is 0 Å². The van der Waals surface area contributed by atoms with Crippen molar-refractivity contribution in [1.29, 1.82) is 5.26 Å². The molecule has 33 heavy (non-hydrogen) atoms. The van der Waals surface area contributed by atoms with Crippen molar-refractivity contribution in [2.45, 2.75) is 16.3 Å². The van der Waals surface area contributed by atoms with Gasteiger partial charge in [0.15, 0.2) is 0 Å². The first-order valence-corrected chi connectivity index (χ1v) is 12.3. The summed E-state index contributed by atoms with van der Waals surface area (Å²) in [5.74, 6) is 0.0379. The fraction of sp³-hybridized carbons (Fsp3) is 0.0476. The predicted molar refractivity (Wildman–Crippen MR) is 117 cm³/mol. The molecule has 2 heterocycles. The molecule has 10 nitrogen and oxygen atoms in total. The highest BCUT2D eigenvalue weighted by atomic mass is 32.2. The Morgan fingerprint density at radius 2 is 1.61 bits per heavy atom. The lowest BCUT2D eigenvalue weighted by Gasteiger charge is -2.21. The van der Waals surface area contributed by atoms with Gasteiger partial charge >= 0.3 is 0 Å². The number of primary sulfonamides is 1. The maximum absolute atomic E-state index is 13.5. The summed E-state index contributed by atoms with van der Waals surface area (Å²) in [4.78, 5) is 3.65. The van der Waals surface area contributed by atoms with Gasteiger partial charge in [-0.15, -0.1) is 0 Å². The van der Waals surface area contributed by atoms with E-state index in [-0.39, 0.29) is 39.6 Å². The maximum Gasteiger partial charge on any atom is 0.267 e. The van der Waals surface area contributed by atoms with E-state index < -0.39 is 20.0 Å². The van der Waals surface area contributed by atoms with E-state index >= 15 is 0 Å². The quantitative estimate of drug-likeness (QED) is 0.419. The number of benzene rings is 2. The van der Waals surface area contributed by atoms with Crippen molar-refractivity contribution in [1.82, 2.24) is 4.98 Å². The number of nitrogens with zero attached hydrogens (tertiary/aromatic N) is 3. The molecule has 4 aromatic rings. The summed E-state index contributed by atoms with van der Waals surface area (Å²) in [6.07, 6.45) is 1.38. The summed E-state index contributed by atoms with van der Waals surface area (Å²) in [5.41, 5.74) is 0.304. The minimum absolute atomic E-state index is 0.0615. The van der Waals surface area contributed by atoms with E-state index in [1.807, 2.05) is 6.07 Å². The van der Waals surface area contributed by atoms with Gasteiger partial charge in [0.25, 0.3) is 10.0 Å². The molecule has 0 spiro atoms. The molecule has 0 unspecified atom stereocenters. The molecule has 4 rings (SSSR count). The zero-order valence-electron chi connectivity index (χ0n) is 16.8. The molecule has 0 aliphatic heterocycles. The number of hydrogen-bond acceptors (Lipinski definition) is 8. The molecule has 2 aromatic heterocycles. The van der Waals surface area contributed by atoms with Crippen molar-refractivity contribution < 1.29 is 25.7 Å². The van der Waals surface area contributed by atoms with Gasteiger partial charge in [-0.2, -0.15) is 10.2 Å². The van der Waals surface area contributed by atoms with E-state index in [9.17, 15) is 22.1 Å². The summed E-state index contributed by atoms with van der Waals surface area (Å²) in [5, 5.41) is 14.7. The van der Waals surface area contributed by atoms with Gasteiger partial charge in [0.05, 0.1) is 22.6 Å². The molecule has 0 aliphatic rings. The van der Waals surface area contributed by atoms with Crippen molar-refractivity contribution in [3.05, 3.63) is 84.4 Å². The van der Waals surface area contributed by atoms with Crippen LogP contribution in [-0.2, 0) is 26.6 Å². The highest BCUT2D eigenvalue weighted by molar-refractivity contribution is 7.92. The summed E-state index contributed by atoms with van der Waals surface area (Å²) in [6.45, 7) is -0.301. The van der Waals surface area contributed by atoms with Crippen molar-refractivity contribution in [3.63, 3.8) is 0 Å². The third-order valence-corrected chi connectivity index (χ3v) is 7.25. The van der Waals surface area contributed by atoms with Crippen molar-refractivity contribution in [2.75, 3.05) is 4.31 Å². The lowest BCUT2D eigenvalue weighted by Crippen LogP contribution is -2.30. The van der Waals surface area contributed by atoms with Crippen LogP contribution in [0.25, 0.3) is 11.5 Å². The van der Waals surface area contributed by atoms with Gasteiger partial charge in [0, 0.05) is 5.56 Å². The second-order valence-electron chi connectivity index (χ2n) is 6.76. The first-order valence-electron chi connectivity index (χ1n) is 9.34. The molecule has 2 N–H and O–H groups in total. The number of nitrogens with two attached hydrogens (primary N) is 1. The van der Waals surface area contributed by atoms with E-state index in [0.29, 0.717) is 5.56 Å². The summed E-state index contributed by atoms with van der Waals surface area (Å²) in [6, 6.07) is 18.1. The molecule has 0 bridgehead atoms. The molecule has 2 aromatic carbocycles. The number of oxazole rings is 1. The average Bonchev–Trinajstić information content (AvgIpc) is 3.47. The lowest BCUT2D eigenvalue weighted by atomic mass is 10.2. The van der Waals surface area contributed by atoms with Crippen LogP contribution in [0.1, 0.15) is 11.5 Å². The van der Waals surface area contributed by atoms with Gasteiger partial charge in [-0.05, 0) is 48.5 Å². The number of rotatable bonds is 7. The predicted octanol–water partition coefficient (Wildman–Crippen LogP) is 2.85. The van der Waals surface area contributed by atoms with Crippen LogP contribution in [0.15, 0.2) is 91.6 Å². The first-order chi connectivity index (χ1) is 15.7. The van der Waals surface area contributed by atoms with Crippen LogP contribution in [-0.4, -0.2) is 21.8 Å². The van der Waals surface area contributed by atoms with E-state index in [1.54, 1.807) is 42.5 Å². The standard InChI is InChI=1S/C21H16N4O6S2/c22-13-19-21(31-20(24-19)15-5-2-1-3-6-15)25(14-16-7-4-12-30-16)33(28,29)18-10-8-17(9-11-18)32(23,26)27/h1-12H,14H2,(H2,23,26,27). The summed E-state index contributed by atoms with van der Waals surface area (Å²) < 4.78 is 62.0. The molecule has 0 fully saturated rings. The van der Waals surface area contributed by atoms with Crippen molar-refractivity contribution >= 4 is 25.9 Å². The molecule has 168 valence electrons. The fourth-order valence-corrected chi connectivity index (χ4v) is 4.89. The van der Waals surface area contributed by atoms with Crippen LogP contribution in [0.4, 0.5) is 5.88 Å². The Hall–Kier alpha value is -3.92. The molecule has 0 atom stereocenters. The number of furan rings is 1. The van der Waals surface area contributed by atoms with E-state index in [2.05, 4.69) is 4.98 Å². The number of aromatic nitrogens is 1. The van der Waals surface area contributed by atoms with Gasteiger partial charge in [0.2, 0.25) is 27.5 Å². The third kappa shape index (κ3) is 4.51. The molecule has 0 saturated carbocycles. The maximum atomic E-state index is 13.5. The van der Waals surface area contributed by atoms with Gasteiger partial charge in [-0.25, -0.2) is 26.3 Å². The number of sulfonamides is 2. The molecular formula is C21H16N4O6S2. The lowest BCUT2D eigenvalue weighted by molar-refractivity contribution is 0.497. The highest BCUT2D eigenvalue weighted by Gasteiger charge is 2.32. The minimum Gasteiger partial charge on any atom is -0.467 e. The Labute approximate surface area is 189 Å². The Morgan fingerprint density at radius 1 is 0.939 bits per heavy atom. The highest BCUT2D eigenvalue weighted by Crippen LogP contribution is 2.33. The van der Waals surface area contributed by atoms with Crippen LogP contribution >= 0.6 is 0 Å². The molecule has 0 saturated heterocycles. The summed E-state index contributed by atoms with van der Waals surface area (Å²) >= 11 is 0. The van der Waals surface area contributed by atoms with Crippen molar-refractivity contribution in [3.8, 4) is 17.5 Å². The zero-order chi connectivity index (χ0) is 23.6. The van der Waals surface area contributed by atoms with Crippen LogP contribution in [0.5, 0.6) is 0 Å². The number of hydrogen-bond donors (Lipinski definition) is 1. The van der Waals surface area contributed by atoms with Crippen LogP contribution in [0, 0.1) is 11.3 Å². The number of anilines is 1. The van der Waals surface area contributed by atoms with Gasteiger partial charge < -0.3 is 8.83 Å². The largest absolute Gasteiger partial charge is 0.467 e. The zero-order valence-corrected chi connectivity index (χ0v) is 18.5. The Morgan fingerprint density at radius 3 is 2.18 bits per heavy atom. The second kappa shape index (κ2) is 8.55. The monoisotopic (exact) mass is 484 g/mol. The molecule has 12 heteroatoms. The van der Waals surface area contributed by atoms with Crippen molar-refractivity contribution in [2.24, 2.45) is 5.14 Å². The molecule has 0 radical (unpaired) electrons. The van der Waals surface area contributed by atoms with Gasteiger partial charge in [-0.3, -0.25) is 0 Å². The molecule has 0 aliphatic carbocycles. The Bertz CT molecular complexity index is 1520.